The smallest absolute Gasteiger partial charge is 0.337 e. The highest BCUT2D eigenvalue weighted by atomic mass is 16.7. The molecule has 1 aromatic rings. The van der Waals surface area contributed by atoms with Gasteiger partial charge in [-0.25, -0.2) is 4.79 Å². The first-order valence-corrected chi connectivity index (χ1v) is 6.88. The second kappa shape index (κ2) is 5.38. The molecule has 1 aromatic carbocycles. The first-order chi connectivity index (χ1) is 9.72. The normalized spacial score (nSPS) is 20.8. The Labute approximate surface area is 118 Å². The highest BCUT2D eigenvalue weighted by Crippen LogP contribution is 2.38. The Kier molecular flexibility index (Phi) is 3.59. The quantitative estimate of drug-likeness (QED) is 0.778. The number of ether oxygens (including phenoxy) is 3. The van der Waals surface area contributed by atoms with E-state index in [1.54, 1.807) is 12.1 Å². The van der Waals surface area contributed by atoms with E-state index in [-0.39, 0.29) is 11.8 Å². The van der Waals surface area contributed by atoms with Gasteiger partial charge in [0.1, 0.15) is 0 Å². The van der Waals surface area contributed by atoms with Crippen molar-refractivity contribution in [3.05, 3.63) is 41.5 Å². The van der Waals surface area contributed by atoms with Gasteiger partial charge in [-0.05, 0) is 29.7 Å². The maximum atomic E-state index is 11.4. The number of allylic oxidation sites excluding steroid dienone is 1. The first-order valence-electron chi connectivity index (χ1n) is 6.88. The predicted octanol–water partition coefficient (Wildman–Crippen LogP) is 2.78. The number of rotatable bonds is 2. The van der Waals surface area contributed by atoms with Crippen LogP contribution in [0.1, 0.15) is 35.2 Å². The largest absolute Gasteiger partial charge is 0.465 e. The molecule has 1 heterocycles. The molecule has 0 amide bonds. The number of hydrogen-bond acceptors (Lipinski definition) is 4. The minimum atomic E-state index is -0.380. The monoisotopic (exact) mass is 274 g/mol. The van der Waals surface area contributed by atoms with Crippen molar-refractivity contribution >= 4 is 11.5 Å². The standard InChI is InChI=1S/C16H18O4/c1-18-15(17)14-4-2-12(3-5-14)13-6-8-16(9-7-13)19-10-11-20-16/h2-6H,7-11H2,1H3. The predicted molar refractivity (Wildman–Crippen MR) is 74.2 cm³/mol. The van der Waals surface area contributed by atoms with E-state index in [0.29, 0.717) is 18.8 Å². The molecule has 4 heteroatoms. The van der Waals surface area contributed by atoms with E-state index in [4.69, 9.17) is 14.2 Å². The minimum Gasteiger partial charge on any atom is -0.465 e. The molecule has 0 unspecified atom stereocenters. The third-order valence-corrected chi connectivity index (χ3v) is 3.93. The third kappa shape index (κ3) is 2.49. The summed E-state index contributed by atoms with van der Waals surface area (Å²) in [5.41, 5.74) is 3.00. The molecule has 1 spiro atoms. The molecule has 0 aromatic heterocycles. The Morgan fingerprint density at radius 3 is 2.45 bits per heavy atom. The summed E-state index contributed by atoms with van der Waals surface area (Å²) in [4.78, 5) is 11.4. The number of methoxy groups -OCH3 is 1. The van der Waals surface area contributed by atoms with Gasteiger partial charge in [-0.2, -0.15) is 0 Å². The van der Waals surface area contributed by atoms with Crippen LogP contribution in [0.5, 0.6) is 0 Å². The van der Waals surface area contributed by atoms with Crippen molar-refractivity contribution < 1.29 is 19.0 Å². The molecule has 0 N–H and O–H groups in total. The summed E-state index contributed by atoms with van der Waals surface area (Å²) in [5.74, 6) is -0.684. The lowest BCUT2D eigenvalue weighted by atomic mass is 9.89. The number of carbonyl (C=O) groups excluding carboxylic acids is 1. The number of benzene rings is 1. The SMILES string of the molecule is COC(=O)c1ccc(C2=CCC3(CC2)OCCO3)cc1. The van der Waals surface area contributed by atoms with Crippen LogP contribution in [0.4, 0.5) is 0 Å². The van der Waals surface area contributed by atoms with Crippen LogP contribution in [0.3, 0.4) is 0 Å². The van der Waals surface area contributed by atoms with E-state index in [0.717, 1.165) is 24.8 Å². The van der Waals surface area contributed by atoms with E-state index in [2.05, 4.69) is 6.08 Å². The van der Waals surface area contributed by atoms with Gasteiger partial charge in [0.05, 0.1) is 25.9 Å². The van der Waals surface area contributed by atoms with Crippen molar-refractivity contribution in [2.45, 2.75) is 25.0 Å². The molecule has 4 nitrogen and oxygen atoms in total. The fraction of sp³-hybridized carbons (Fsp3) is 0.438. The zero-order valence-electron chi connectivity index (χ0n) is 11.6. The fourth-order valence-electron chi connectivity index (χ4n) is 2.77. The molecular formula is C16H18O4. The molecule has 3 rings (SSSR count). The molecule has 0 atom stereocenters. The summed E-state index contributed by atoms with van der Waals surface area (Å²) < 4.78 is 16.1. The third-order valence-electron chi connectivity index (χ3n) is 3.93. The van der Waals surface area contributed by atoms with Crippen molar-refractivity contribution in [3.63, 3.8) is 0 Å². The second-order valence-corrected chi connectivity index (χ2v) is 5.11. The van der Waals surface area contributed by atoms with Crippen LogP contribution in [0.25, 0.3) is 5.57 Å². The highest BCUT2D eigenvalue weighted by Gasteiger charge is 2.37. The Balaban J connectivity index is 1.74. The summed E-state index contributed by atoms with van der Waals surface area (Å²) in [7, 11) is 1.39. The molecule has 106 valence electrons. The fourth-order valence-corrected chi connectivity index (χ4v) is 2.77. The lowest BCUT2D eigenvalue weighted by Crippen LogP contribution is -2.31. The van der Waals surface area contributed by atoms with Crippen LogP contribution in [0, 0.1) is 0 Å². The Morgan fingerprint density at radius 1 is 1.20 bits per heavy atom. The summed E-state index contributed by atoms with van der Waals surface area (Å²) >= 11 is 0. The summed E-state index contributed by atoms with van der Waals surface area (Å²) in [5, 5.41) is 0. The van der Waals surface area contributed by atoms with Crippen molar-refractivity contribution in [3.8, 4) is 0 Å². The molecule has 0 radical (unpaired) electrons. The van der Waals surface area contributed by atoms with Crippen molar-refractivity contribution in [1.82, 2.24) is 0 Å². The van der Waals surface area contributed by atoms with Gasteiger partial charge >= 0.3 is 5.97 Å². The molecule has 0 saturated carbocycles. The maximum Gasteiger partial charge on any atom is 0.337 e. The van der Waals surface area contributed by atoms with Crippen LogP contribution in [-0.4, -0.2) is 32.1 Å². The molecule has 1 saturated heterocycles. The van der Waals surface area contributed by atoms with Crippen molar-refractivity contribution in [2.75, 3.05) is 20.3 Å². The molecule has 1 fully saturated rings. The van der Waals surface area contributed by atoms with E-state index >= 15 is 0 Å². The summed E-state index contributed by atoms with van der Waals surface area (Å²) in [6.07, 6.45) is 4.79. The van der Waals surface area contributed by atoms with Crippen molar-refractivity contribution in [2.24, 2.45) is 0 Å². The summed E-state index contributed by atoms with van der Waals surface area (Å²) in [6, 6.07) is 7.53. The summed E-state index contributed by atoms with van der Waals surface area (Å²) in [6.45, 7) is 1.38. The van der Waals surface area contributed by atoms with Gasteiger partial charge < -0.3 is 14.2 Å². The molecule has 2 aliphatic rings. The van der Waals surface area contributed by atoms with Gasteiger partial charge in [-0.3, -0.25) is 0 Å². The first kappa shape index (κ1) is 13.3. The van der Waals surface area contributed by atoms with Crippen molar-refractivity contribution in [1.29, 1.82) is 0 Å². The van der Waals surface area contributed by atoms with Crippen LogP contribution < -0.4 is 0 Å². The van der Waals surface area contributed by atoms with E-state index in [1.165, 1.54) is 12.7 Å². The zero-order valence-corrected chi connectivity index (χ0v) is 11.6. The number of esters is 1. The lowest BCUT2D eigenvalue weighted by molar-refractivity contribution is -0.159. The lowest BCUT2D eigenvalue weighted by Gasteiger charge is -2.30. The average molecular weight is 274 g/mol. The Morgan fingerprint density at radius 2 is 1.90 bits per heavy atom. The Bertz CT molecular complexity index is 524. The molecule has 1 aliphatic carbocycles. The Hall–Kier alpha value is -1.65. The van der Waals surface area contributed by atoms with Gasteiger partial charge in [-0.1, -0.05) is 18.2 Å². The topological polar surface area (TPSA) is 44.8 Å². The second-order valence-electron chi connectivity index (χ2n) is 5.11. The van der Waals surface area contributed by atoms with Gasteiger partial charge in [0.15, 0.2) is 5.79 Å². The van der Waals surface area contributed by atoms with Gasteiger partial charge in [-0.15, -0.1) is 0 Å². The van der Waals surface area contributed by atoms with Gasteiger partial charge in [0.25, 0.3) is 0 Å². The number of hydrogen-bond donors (Lipinski definition) is 0. The molecule has 1 aliphatic heterocycles. The van der Waals surface area contributed by atoms with Crippen LogP contribution in [-0.2, 0) is 14.2 Å². The number of carbonyl (C=O) groups is 1. The van der Waals surface area contributed by atoms with Gasteiger partial charge in [0.2, 0.25) is 0 Å². The van der Waals surface area contributed by atoms with Crippen LogP contribution >= 0.6 is 0 Å². The van der Waals surface area contributed by atoms with Crippen LogP contribution in [0.2, 0.25) is 0 Å². The average Bonchev–Trinajstić information content (AvgIpc) is 2.96. The zero-order chi connectivity index (χ0) is 14.0. The maximum absolute atomic E-state index is 11.4. The molecule has 0 bridgehead atoms. The van der Waals surface area contributed by atoms with E-state index in [9.17, 15) is 4.79 Å². The van der Waals surface area contributed by atoms with E-state index in [1.807, 2.05) is 12.1 Å². The molecular weight excluding hydrogens is 256 g/mol. The van der Waals surface area contributed by atoms with Gasteiger partial charge in [0, 0.05) is 12.8 Å². The highest BCUT2D eigenvalue weighted by molar-refractivity contribution is 5.89. The van der Waals surface area contributed by atoms with E-state index < -0.39 is 0 Å². The molecule has 20 heavy (non-hydrogen) atoms. The minimum absolute atomic E-state index is 0.305. The van der Waals surface area contributed by atoms with Crippen LogP contribution in [0.15, 0.2) is 30.3 Å².